The first kappa shape index (κ1) is 16.6. The van der Waals surface area contributed by atoms with E-state index >= 15 is 0 Å². The minimum absolute atomic E-state index is 0.144. The van der Waals surface area contributed by atoms with Crippen LogP contribution in [0.4, 0.5) is 14.5 Å². The number of aromatic amines is 1. The number of nitrogens with one attached hydrogen (secondary N) is 1. The molecule has 0 spiro atoms. The van der Waals surface area contributed by atoms with Crippen LogP contribution in [0.25, 0.3) is 22.4 Å². The van der Waals surface area contributed by atoms with Crippen LogP contribution in [0.1, 0.15) is 18.2 Å². The van der Waals surface area contributed by atoms with Gasteiger partial charge < -0.3 is 14.4 Å². The van der Waals surface area contributed by atoms with Gasteiger partial charge in [-0.05, 0) is 30.3 Å². The zero-order chi connectivity index (χ0) is 19.3. The standard InChI is InChI=1S/C20H14F2N4O2/c21-12-7-13(22)9-14(8-12)26-10-11(6-18(26)27)19-24-20(28-25-19)16-2-1-3-17-15(16)4-5-23-17/h1-5,7-9,11,23H,6,10H2. The van der Waals surface area contributed by atoms with Crippen LogP contribution in [0, 0.1) is 11.6 Å². The summed E-state index contributed by atoms with van der Waals surface area (Å²) in [5.74, 6) is -1.26. The van der Waals surface area contributed by atoms with Gasteiger partial charge in [-0.15, -0.1) is 0 Å². The maximum absolute atomic E-state index is 13.5. The number of hydrogen-bond acceptors (Lipinski definition) is 4. The summed E-state index contributed by atoms with van der Waals surface area (Å²) in [6, 6.07) is 10.7. The monoisotopic (exact) mass is 380 g/mol. The molecule has 1 aliphatic rings. The van der Waals surface area contributed by atoms with Crippen molar-refractivity contribution in [1.29, 1.82) is 0 Å². The van der Waals surface area contributed by atoms with E-state index in [9.17, 15) is 13.6 Å². The maximum atomic E-state index is 13.5. The predicted octanol–water partition coefficient (Wildman–Crippen LogP) is 4.02. The molecule has 8 heteroatoms. The molecule has 2 aromatic carbocycles. The van der Waals surface area contributed by atoms with Crippen molar-refractivity contribution in [3.63, 3.8) is 0 Å². The summed E-state index contributed by atoms with van der Waals surface area (Å²) in [6.07, 6.45) is 1.97. The number of anilines is 1. The van der Waals surface area contributed by atoms with Gasteiger partial charge in [0.15, 0.2) is 5.82 Å². The summed E-state index contributed by atoms with van der Waals surface area (Å²) in [4.78, 5) is 21.3. The summed E-state index contributed by atoms with van der Waals surface area (Å²) in [7, 11) is 0. The minimum Gasteiger partial charge on any atom is -0.361 e. The van der Waals surface area contributed by atoms with Crippen molar-refractivity contribution in [2.24, 2.45) is 0 Å². The first-order valence-electron chi connectivity index (χ1n) is 8.75. The second-order valence-electron chi connectivity index (χ2n) is 6.74. The zero-order valence-electron chi connectivity index (χ0n) is 14.5. The molecule has 1 N–H and O–H groups in total. The quantitative estimate of drug-likeness (QED) is 0.583. The third kappa shape index (κ3) is 2.74. The normalized spacial score (nSPS) is 17.0. The fourth-order valence-electron chi connectivity index (χ4n) is 3.61. The van der Waals surface area contributed by atoms with Gasteiger partial charge >= 0.3 is 0 Å². The fraction of sp³-hybridized carbons (Fsp3) is 0.150. The molecule has 0 radical (unpaired) electrons. The van der Waals surface area contributed by atoms with Crippen molar-refractivity contribution in [2.75, 3.05) is 11.4 Å². The molecular weight excluding hydrogens is 366 g/mol. The molecule has 1 unspecified atom stereocenters. The Balaban J connectivity index is 1.44. The number of benzene rings is 2. The van der Waals surface area contributed by atoms with Crippen molar-refractivity contribution in [3.8, 4) is 11.5 Å². The summed E-state index contributed by atoms with van der Waals surface area (Å²) in [5.41, 5.74) is 1.93. The molecule has 0 aliphatic carbocycles. The Morgan fingerprint density at radius 3 is 2.79 bits per heavy atom. The second kappa shape index (κ2) is 6.26. The molecule has 3 heterocycles. The molecular formula is C20H14F2N4O2. The van der Waals surface area contributed by atoms with E-state index in [0.29, 0.717) is 11.7 Å². The van der Waals surface area contributed by atoms with Gasteiger partial charge in [0.05, 0.1) is 0 Å². The van der Waals surface area contributed by atoms with Crippen molar-refractivity contribution >= 4 is 22.5 Å². The highest BCUT2D eigenvalue weighted by molar-refractivity contribution is 5.96. The number of carbonyl (C=O) groups is 1. The number of halogens is 2. The SMILES string of the molecule is O=C1CC(c2noc(-c3cccc4[nH]ccc34)n2)CN1c1cc(F)cc(F)c1. The Labute approximate surface area is 157 Å². The Morgan fingerprint density at radius 1 is 1.14 bits per heavy atom. The van der Waals surface area contributed by atoms with E-state index in [0.717, 1.165) is 34.7 Å². The lowest BCUT2D eigenvalue weighted by molar-refractivity contribution is -0.117. The number of amides is 1. The van der Waals surface area contributed by atoms with Crippen LogP contribution >= 0.6 is 0 Å². The van der Waals surface area contributed by atoms with Gasteiger partial charge in [0.25, 0.3) is 5.89 Å². The highest BCUT2D eigenvalue weighted by Crippen LogP contribution is 2.33. The first-order chi connectivity index (χ1) is 13.6. The molecule has 140 valence electrons. The zero-order valence-corrected chi connectivity index (χ0v) is 14.5. The van der Waals surface area contributed by atoms with Gasteiger partial charge in [0.1, 0.15) is 11.6 Å². The number of H-pyrrole nitrogens is 1. The van der Waals surface area contributed by atoms with E-state index < -0.39 is 11.6 Å². The molecule has 0 saturated carbocycles. The topological polar surface area (TPSA) is 75.0 Å². The highest BCUT2D eigenvalue weighted by atomic mass is 19.1. The molecule has 1 atom stereocenters. The number of hydrogen-bond donors (Lipinski definition) is 1. The van der Waals surface area contributed by atoms with Gasteiger partial charge in [0.2, 0.25) is 5.91 Å². The van der Waals surface area contributed by atoms with Crippen LogP contribution in [0.2, 0.25) is 0 Å². The summed E-state index contributed by atoms with van der Waals surface area (Å²) >= 11 is 0. The van der Waals surface area contributed by atoms with E-state index in [1.54, 1.807) is 0 Å². The van der Waals surface area contributed by atoms with E-state index in [2.05, 4.69) is 15.1 Å². The van der Waals surface area contributed by atoms with E-state index in [4.69, 9.17) is 4.52 Å². The van der Waals surface area contributed by atoms with Crippen LogP contribution in [0.3, 0.4) is 0 Å². The molecule has 28 heavy (non-hydrogen) atoms. The Bertz CT molecular complexity index is 1180. The van der Waals surface area contributed by atoms with Gasteiger partial charge in [-0.3, -0.25) is 4.79 Å². The maximum Gasteiger partial charge on any atom is 0.258 e. The van der Waals surface area contributed by atoms with E-state index in [-0.39, 0.29) is 30.5 Å². The van der Waals surface area contributed by atoms with Gasteiger partial charge in [0, 0.05) is 53.3 Å². The molecule has 1 saturated heterocycles. The van der Waals surface area contributed by atoms with Crippen molar-refractivity contribution in [3.05, 3.63) is 66.1 Å². The third-order valence-corrected chi connectivity index (χ3v) is 4.92. The molecule has 1 fully saturated rings. The van der Waals surface area contributed by atoms with Crippen LogP contribution in [-0.4, -0.2) is 27.6 Å². The molecule has 5 rings (SSSR count). The molecule has 2 aromatic heterocycles. The molecule has 6 nitrogen and oxygen atoms in total. The Morgan fingerprint density at radius 2 is 1.96 bits per heavy atom. The van der Waals surface area contributed by atoms with Crippen molar-refractivity contribution < 1.29 is 18.1 Å². The molecule has 1 amide bonds. The second-order valence-corrected chi connectivity index (χ2v) is 6.74. The number of rotatable bonds is 3. The number of nitrogens with zero attached hydrogens (tertiary/aromatic N) is 3. The Hall–Kier alpha value is -3.55. The van der Waals surface area contributed by atoms with Gasteiger partial charge in [-0.1, -0.05) is 11.2 Å². The van der Waals surface area contributed by atoms with Crippen molar-refractivity contribution in [2.45, 2.75) is 12.3 Å². The van der Waals surface area contributed by atoms with Gasteiger partial charge in [-0.25, -0.2) is 8.78 Å². The minimum atomic E-state index is -0.729. The lowest BCUT2D eigenvalue weighted by Crippen LogP contribution is -2.24. The Kier molecular flexibility index (Phi) is 3.71. The lowest BCUT2D eigenvalue weighted by atomic mass is 10.1. The smallest absolute Gasteiger partial charge is 0.258 e. The molecule has 0 bridgehead atoms. The lowest BCUT2D eigenvalue weighted by Gasteiger charge is -2.16. The van der Waals surface area contributed by atoms with Crippen LogP contribution in [0.15, 0.2) is 53.2 Å². The molecule has 4 aromatic rings. The van der Waals surface area contributed by atoms with Crippen LogP contribution < -0.4 is 4.90 Å². The van der Waals surface area contributed by atoms with Crippen LogP contribution in [0.5, 0.6) is 0 Å². The van der Waals surface area contributed by atoms with Crippen LogP contribution in [-0.2, 0) is 4.79 Å². The third-order valence-electron chi connectivity index (χ3n) is 4.92. The average molecular weight is 380 g/mol. The summed E-state index contributed by atoms with van der Waals surface area (Å²) < 4.78 is 32.4. The van der Waals surface area contributed by atoms with Crippen molar-refractivity contribution in [1.82, 2.24) is 15.1 Å². The average Bonchev–Trinajstić information content (AvgIpc) is 3.39. The number of carbonyl (C=O) groups excluding carboxylic acids is 1. The predicted molar refractivity (Wildman–Crippen MR) is 97.7 cm³/mol. The molecule has 1 aliphatic heterocycles. The summed E-state index contributed by atoms with van der Waals surface area (Å²) in [6.45, 7) is 0.231. The van der Waals surface area contributed by atoms with Gasteiger partial charge in [-0.2, -0.15) is 4.98 Å². The highest BCUT2D eigenvalue weighted by Gasteiger charge is 2.35. The first-order valence-corrected chi connectivity index (χ1v) is 8.75. The largest absolute Gasteiger partial charge is 0.361 e. The van der Waals surface area contributed by atoms with E-state index in [1.807, 2.05) is 30.5 Å². The number of fused-ring (bicyclic) bond motifs is 1. The summed E-state index contributed by atoms with van der Waals surface area (Å²) in [5, 5.41) is 5.00. The fourth-order valence-corrected chi connectivity index (χ4v) is 3.61. The van der Waals surface area contributed by atoms with E-state index in [1.165, 1.54) is 4.90 Å². The number of aromatic nitrogens is 3.